The number of halogens is 1. The van der Waals surface area contributed by atoms with Crippen molar-refractivity contribution in [1.82, 2.24) is 19.5 Å². The highest BCUT2D eigenvalue weighted by molar-refractivity contribution is 6.28. The molecule has 2 aromatic heterocycles. The van der Waals surface area contributed by atoms with Gasteiger partial charge in [0.05, 0.1) is 31.7 Å². The van der Waals surface area contributed by atoms with E-state index in [1.807, 2.05) is 0 Å². The number of aliphatic hydroxyl groups is 3. The van der Waals surface area contributed by atoms with Gasteiger partial charge in [0.15, 0.2) is 23.2 Å². The average Bonchev–Trinajstić information content (AvgIpc) is 3.56. The molecule has 6 atom stereocenters. The lowest BCUT2D eigenvalue weighted by molar-refractivity contribution is -0.0511. The normalized spacial score (nSPS) is 28.4. The summed E-state index contributed by atoms with van der Waals surface area (Å²) >= 11 is 6.25. The fourth-order valence-corrected chi connectivity index (χ4v) is 5.12. The summed E-state index contributed by atoms with van der Waals surface area (Å²) in [6.07, 6.45) is -0.0339. The summed E-state index contributed by atoms with van der Waals surface area (Å²) in [5, 5.41) is 33.5. The van der Waals surface area contributed by atoms with Crippen LogP contribution in [0, 0.1) is 0 Å². The number of hydrogen-bond acceptors (Lipinski definition) is 9. The summed E-state index contributed by atoms with van der Waals surface area (Å²) in [5.41, 5.74) is 3.26. The van der Waals surface area contributed by atoms with E-state index >= 15 is 0 Å². The van der Waals surface area contributed by atoms with Gasteiger partial charge in [0.1, 0.15) is 18.3 Å². The fourth-order valence-electron chi connectivity index (χ4n) is 4.95. The summed E-state index contributed by atoms with van der Waals surface area (Å²) in [7, 11) is 0. The predicted molar refractivity (Wildman–Crippen MR) is 134 cm³/mol. The van der Waals surface area contributed by atoms with Gasteiger partial charge in [-0.15, -0.1) is 0 Å². The van der Waals surface area contributed by atoms with Crippen LogP contribution in [-0.2, 0) is 16.1 Å². The van der Waals surface area contributed by atoms with Crippen LogP contribution in [0.2, 0.25) is 5.28 Å². The summed E-state index contributed by atoms with van der Waals surface area (Å²) in [6, 6.07) is 8.55. The van der Waals surface area contributed by atoms with Crippen molar-refractivity contribution in [3.8, 4) is 0 Å². The molecule has 11 heteroatoms. The van der Waals surface area contributed by atoms with Gasteiger partial charge in [-0.2, -0.15) is 9.97 Å². The highest BCUT2D eigenvalue weighted by atomic mass is 35.5. The highest BCUT2D eigenvalue weighted by Crippen LogP contribution is 2.34. The molecule has 2 aliphatic rings. The maximum absolute atomic E-state index is 10.4. The van der Waals surface area contributed by atoms with Crippen LogP contribution in [0.3, 0.4) is 0 Å². The van der Waals surface area contributed by atoms with Crippen molar-refractivity contribution in [2.75, 3.05) is 11.9 Å². The molecule has 194 valence electrons. The predicted octanol–water partition coefficient (Wildman–Crippen LogP) is 2.76. The lowest BCUT2D eigenvalue weighted by atomic mass is 10.0. The molecule has 1 saturated heterocycles. The first-order valence-electron chi connectivity index (χ1n) is 12.3. The zero-order valence-corrected chi connectivity index (χ0v) is 21.0. The summed E-state index contributed by atoms with van der Waals surface area (Å²) in [6.45, 7) is 4.46. The molecule has 1 saturated carbocycles. The van der Waals surface area contributed by atoms with Gasteiger partial charge in [0.25, 0.3) is 0 Å². The van der Waals surface area contributed by atoms with E-state index < -0.39 is 31.1 Å². The Labute approximate surface area is 214 Å². The summed E-state index contributed by atoms with van der Waals surface area (Å²) in [4.78, 5) is 13.1. The van der Waals surface area contributed by atoms with Crippen molar-refractivity contribution < 1.29 is 24.8 Å². The van der Waals surface area contributed by atoms with Crippen LogP contribution < -0.4 is 5.32 Å². The second kappa shape index (κ2) is 10.6. The van der Waals surface area contributed by atoms with E-state index in [9.17, 15) is 15.3 Å². The van der Waals surface area contributed by atoms with Crippen LogP contribution in [0.15, 0.2) is 30.6 Å². The first kappa shape index (κ1) is 25.3. The molecule has 3 heterocycles. The maximum atomic E-state index is 10.4. The SMILES string of the molecule is CC(C)c1ccc(COC2CCCC2Nc2nc(Cl)nc3c2ncn3C2OC(CO)C(O)C2O)cc1. The van der Waals surface area contributed by atoms with Crippen molar-refractivity contribution in [2.45, 2.75) is 82.3 Å². The Kier molecular flexibility index (Phi) is 7.43. The Morgan fingerprint density at radius 2 is 1.94 bits per heavy atom. The minimum atomic E-state index is -1.26. The largest absolute Gasteiger partial charge is 0.394 e. The van der Waals surface area contributed by atoms with E-state index in [1.165, 1.54) is 16.5 Å². The molecule has 1 aliphatic heterocycles. The maximum Gasteiger partial charge on any atom is 0.226 e. The van der Waals surface area contributed by atoms with Gasteiger partial charge in [-0.3, -0.25) is 4.57 Å². The highest BCUT2D eigenvalue weighted by Gasteiger charge is 2.44. The third kappa shape index (κ3) is 4.93. The molecule has 0 radical (unpaired) electrons. The second-order valence-electron chi connectivity index (χ2n) is 9.82. The lowest BCUT2D eigenvalue weighted by Gasteiger charge is -2.22. The standard InChI is InChI=1S/C25H32ClN5O5/c1-13(2)15-8-6-14(7-9-15)11-35-17-5-3-4-16(17)28-22-19-23(30-25(26)29-22)31(12-27-19)24-21(34)20(33)18(10-32)36-24/h6-9,12-13,16-18,20-21,24,32-34H,3-5,10-11H2,1-2H3,(H,28,29,30). The lowest BCUT2D eigenvalue weighted by Crippen LogP contribution is -2.33. The van der Waals surface area contributed by atoms with E-state index in [1.54, 1.807) is 0 Å². The molecule has 1 aliphatic carbocycles. The van der Waals surface area contributed by atoms with E-state index in [4.69, 9.17) is 21.1 Å². The molecule has 4 N–H and O–H groups in total. The number of nitrogens with one attached hydrogen (secondary N) is 1. The number of benzene rings is 1. The summed E-state index contributed by atoms with van der Waals surface area (Å²) in [5.74, 6) is 0.963. The van der Waals surface area contributed by atoms with E-state index in [0.29, 0.717) is 29.5 Å². The zero-order valence-electron chi connectivity index (χ0n) is 20.3. The molecule has 10 nitrogen and oxygen atoms in total. The minimum Gasteiger partial charge on any atom is -0.394 e. The third-order valence-corrected chi connectivity index (χ3v) is 7.24. The average molecular weight is 518 g/mol. The van der Waals surface area contributed by atoms with Crippen molar-refractivity contribution in [3.63, 3.8) is 0 Å². The van der Waals surface area contributed by atoms with E-state index in [2.05, 4.69) is 58.4 Å². The first-order chi connectivity index (χ1) is 17.4. The van der Waals surface area contributed by atoms with Gasteiger partial charge in [-0.05, 0) is 47.9 Å². The van der Waals surface area contributed by atoms with Crippen LogP contribution in [0.5, 0.6) is 0 Å². The molecule has 36 heavy (non-hydrogen) atoms. The quantitative estimate of drug-likeness (QED) is 0.332. The Balaban J connectivity index is 1.32. The first-order valence-corrected chi connectivity index (χ1v) is 12.7. The molecule has 0 spiro atoms. The molecular weight excluding hydrogens is 486 g/mol. The van der Waals surface area contributed by atoms with Gasteiger partial charge >= 0.3 is 0 Å². The molecule has 2 fully saturated rings. The van der Waals surface area contributed by atoms with Crippen LogP contribution in [0.1, 0.15) is 56.4 Å². The molecule has 0 bridgehead atoms. The van der Waals surface area contributed by atoms with Crippen LogP contribution in [-0.4, -0.2) is 71.9 Å². The van der Waals surface area contributed by atoms with Crippen LogP contribution in [0.25, 0.3) is 11.2 Å². The number of fused-ring (bicyclic) bond motifs is 1. The number of hydrogen-bond donors (Lipinski definition) is 4. The number of aromatic nitrogens is 4. The van der Waals surface area contributed by atoms with Crippen molar-refractivity contribution in [2.24, 2.45) is 0 Å². The molecule has 3 aromatic rings. The van der Waals surface area contributed by atoms with Gasteiger partial charge in [-0.1, -0.05) is 38.1 Å². The van der Waals surface area contributed by atoms with Crippen LogP contribution in [0.4, 0.5) is 5.82 Å². The second-order valence-corrected chi connectivity index (χ2v) is 10.2. The number of aliphatic hydroxyl groups excluding tert-OH is 3. The van der Waals surface area contributed by atoms with Crippen molar-refractivity contribution in [3.05, 3.63) is 47.0 Å². The molecular formula is C25H32ClN5O5. The smallest absolute Gasteiger partial charge is 0.226 e. The molecule has 5 rings (SSSR count). The van der Waals surface area contributed by atoms with Gasteiger partial charge < -0.3 is 30.1 Å². The monoisotopic (exact) mass is 517 g/mol. The number of ether oxygens (including phenoxy) is 2. The van der Waals surface area contributed by atoms with Gasteiger partial charge in [0, 0.05) is 0 Å². The van der Waals surface area contributed by atoms with Crippen molar-refractivity contribution >= 4 is 28.6 Å². The minimum absolute atomic E-state index is 0.00102. The number of imidazole rings is 1. The van der Waals surface area contributed by atoms with E-state index in [0.717, 1.165) is 24.8 Å². The Morgan fingerprint density at radius 1 is 1.17 bits per heavy atom. The molecule has 6 unspecified atom stereocenters. The van der Waals surface area contributed by atoms with E-state index in [-0.39, 0.29) is 17.4 Å². The van der Waals surface area contributed by atoms with Gasteiger partial charge in [0.2, 0.25) is 5.28 Å². The zero-order chi connectivity index (χ0) is 25.4. The van der Waals surface area contributed by atoms with Crippen LogP contribution >= 0.6 is 11.6 Å². The number of anilines is 1. The number of nitrogens with zero attached hydrogens (tertiary/aromatic N) is 4. The Morgan fingerprint density at radius 3 is 2.64 bits per heavy atom. The fraction of sp³-hybridized carbons (Fsp3) is 0.560. The number of rotatable bonds is 8. The van der Waals surface area contributed by atoms with Gasteiger partial charge in [-0.25, -0.2) is 4.98 Å². The molecule has 1 aromatic carbocycles. The topological polar surface area (TPSA) is 135 Å². The molecule has 0 amide bonds. The Hall–Kier alpha value is -2.34. The third-order valence-electron chi connectivity index (χ3n) is 7.07. The van der Waals surface area contributed by atoms with Crippen molar-refractivity contribution in [1.29, 1.82) is 0 Å². The Bertz CT molecular complexity index is 1190. The summed E-state index contributed by atoms with van der Waals surface area (Å²) < 4.78 is 13.4.